The lowest BCUT2D eigenvalue weighted by atomic mass is 10.1. The van der Waals surface area contributed by atoms with E-state index in [0.717, 1.165) is 29.3 Å². The van der Waals surface area contributed by atoms with Gasteiger partial charge in [-0.05, 0) is 49.6 Å². The monoisotopic (exact) mass is 727 g/mol. The molecule has 3 aromatic heterocycles. The fourth-order valence-electron chi connectivity index (χ4n) is 6.15. The number of aliphatic carboxylic acids is 1. The van der Waals surface area contributed by atoms with Crippen LogP contribution in [-0.2, 0) is 9.59 Å². The standard InChI is InChI=1S/C31H29F2N9O3.C2HF3O2/c1-4-27(43)42-18-5-6-19(42)14-40(13-18)31-34-12-23-28(39-31)29(36-15-35-23)38-22-9-17(2)25(11-26(22)44-3)45-20-7-8-24-21(10-20)37-16-41(24)30(32)33;3-2(4,5)1(6)7/h4,7-12,15-16,18-19,30H,1,5-6,13-14H2,2-3H3,(H,35,36,38);(H,6,7). The number of nitrogens with one attached hydrogen (secondary N) is 1. The van der Waals surface area contributed by atoms with E-state index < -0.39 is 18.7 Å². The number of carbonyl (C=O) groups is 2. The Bertz CT molecular complexity index is 2150. The molecule has 2 aliphatic rings. The van der Waals surface area contributed by atoms with Gasteiger partial charge in [0.1, 0.15) is 40.9 Å². The van der Waals surface area contributed by atoms with E-state index in [1.165, 1.54) is 12.4 Å². The van der Waals surface area contributed by atoms with Crippen LogP contribution in [-0.4, -0.2) is 89.8 Å². The van der Waals surface area contributed by atoms with Crippen molar-refractivity contribution in [2.45, 2.75) is 44.6 Å². The predicted octanol–water partition coefficient (Wildman–Crippen LogP) is 6.02. The Hall–Kier alpha value is -6.14. The summed E-state index contributed by atoms with van der Waals surface area (Å²) in [7, 11) is 1.55. The largest absolute Gasteiger partial charge is 0.494 e. The van der Waals surface area contributed by atoms with Gasteiger partial charge in [0, 0.05) is 25.2 Å². The molecule has 2 unspecified atom stereocenters. The average molecular weight is 728 g/mol. The molecule has 0 saturated carbocycles. The number of ether oxygens (including phenoxy) is 2. The van der Waals surface area contributed by atoms with Gasteiger partial charge in [0.25, 0.3) is 0 Å². The Morgan fingerprint density at radius 2 is 1.75 bits per heavy atom. The number of hydrogen-bond acceptors (Lipinski definition) is 11. The van der Waals surface area contributed by atoms with Crippen LogP contribution in [0.1, 0.15) is 25.0 Å². The van der Waals surface area contributed by atoms with Gasteiger partial charge < -0.3 is 29.7 Å². The van der Waals surface area contributed by atoms with E-state index in [4.69, 9.17) is 24.4 Å². The third kappa shape index (κ3) is 7.19. The number of aryl methyl sites for hydroxylation is 1. The normalized spacial score (nSPS) is 16.8. The summed E-state index contributed by atoms with van der Waals surface area (Å²) in [5.74, 6) is -0.326. The molecule has 5 aromatic rings. The lowest BCUT2D eigenvalue weighted by Gasteiger charge is -2.40. The molecule has 1 amide bonds. The van der Waals surface area contributed by atoms with Crippen molar-refractivity contribution in [1.82, 2.24) is 34.4 Å². The first-order valence-electron chi connectivity index (χ1n) is 15.6. The second-order valence-corrected chi connectivity index (χ2v) is 11.8. The first-order chi connectivity index (χ1) is 24.8. The molecule has 19 heteroatoms. The molecule has 5 heterocycles. The molecule has 7 rings (SSSR count). The first-order valence-corrected chi connectivity index (χ1v) is 15.6. The zero-order valence-electron chi connectivity index (χ0n) is 27.5. The van der Waals surface area contributed by atoms with E-state index in [0.29, 0.717) is 69.9 Å². The Morgan fingerprint density at radius 3 is 2.38 bits per heavy atom. The lowest BCUT2D eigenvalue weighted by Crippen LogP contribution is -2.55. The smallest absolute Gasteiger partial charge is 0.490 e. The van der Waals surface area contributed by atoms with Crippen molar-refractivity contribution < 1.29 is 46.1 Å². The number of fused-ring (bicyclic) bond motifs is 4. The minimum atomic E-state index is -5.08. The highest BCUT2D eigenvalue weighted by atomic mass is 19.4. The van der Waals surface area contributed by atoms with Crippen molar-refractivity contribution in [2.24, 2.45) is 0 Å². The second kappa shape index (κ2) is 14.2. The minimum absolute atomic E-state index is 0.0373. The summed E-state index contributed by atoms with van der Waals surface area (Å²) in [6, 6.07) is 8.55. The predicted molar refractivity (Wildman–Crippen MR) is 177 cm³/mol. The first kappa shape index (κ1) is 35.7. The molecule has 272 valence electrons. The highest BCUT2D eigenvalue weighted by Gasteiger charge is 2.42. The van der Waals surface area contributed by atoms with Crippen molar-refractivity contribution in [3.8, 4) is 17.2 Å². The third-order valence-corrected chi connectivity index (χ3v) is 8.54. The molecule has 52 heavy (non-hydrogen) atoms. The van der Waals surface area contributed by atoms with E-state index in [9.17, 15) is 26.7 Å². The maximum atomic E-state index is 13.2. The van der Waals surface area contributed by atoms with Gasteiger partial charge in [0.2, 0.25) is 11.9 Å². The number of piperazine rings is 1. The number of nitrogens with zero attached hydrogens (tertiary/aromatic N) is 8. The summed E-state index contributed by atoms with van der Waals surface area (Å²) in [6.07, 6.45) is 2.38. The molecule has 14 nitrogen and oxygen atoms in total. The second-order valence-electron chi connectivity index (χ2n) is 11.8. The molecule has 0 aliphatic carbocycles. The molecule has 2 aliphatic heterocycles. The summed E-state index contributed by atoms with van der Waals surface area (Å²) >= 11 is 0. The maximum Gasteiger partial charge on any atom is 0.490 e. The molecular weight excluding hydrogens is 697 g/mol. The number of carboxylic acid groups (broad SMARTS) is 1. The third-order valence-electron chi connectivity index (χ3n) is 8.54. The van der Waals surface area contributed by atoms with Gasteiger partial charge in [-0.1, -0.05) is 6.58 Å². The molecule has 2 N–H and O–H groups in total. The van der Waals surface area contributed by atoms with Gasteiger partial charge in [0.05, 0.1) is 42.1 Å². The number of hydrogen-bond donors (Lipinski definition) is 2. The summed E-state index contributed by atoms with van der Waals surface area (Å²) in [5, 5.41) is 10.5. The number of benzene rings is 2. The van der Waals surface area contributed by atoms with Gasteiger partial charge in [-0.2, -0.15) is 22.0 Å². The number of anilines is 3. The van der Waals surface area contributed by atoms with Crippen molar-refractivity contribution in [1.29, 1.82) is 0 Å². The number of imidazole rings is 1. The van der Waals surface area contributed by atoms with E-state index in [1.807, 2.05) is 17.9 Å². The van der Waals surface area contributed by atoms with Gasteiger partial charge in [-0.15, -0.1) is 0 Å². The fourth-order valence-corrected chi connectivity index (χ4v) is 6.15. The van der Waals surface area contributed by atoms with Gasteiger partial charge >= 0.3 is 18.7 Å². The van der Waals surface area contributed by atoms with Crippen LogP contribution in [0.25, 0.3) is 22.1 Å². The Kier molecular flexibility index (Phi) is 9.77. The number of carboxylic acids is 1. The molecule has 2 fully saturated rings. The topological polar surface area (TPSA) is 161 Å². The Labute approximate surface area is 291 Å². The zero-order chi connectivity index (χ0) is 37.3. The highest BCUT2D eigenvalue weighted by Crippen LogP contribution is 2.38. The summed E-state index contributed by atoms with van der Waals surface area (Å²) in [4.78, 5) is 47.7. The van der Waals surface area contributed by atoms with Crippen molar-refractivity contribution >= 4 is 51.4 Å². The van der Waals surface area contributed by atoms with Crippen LogP contribution < -0.4 is 19.7 Å². The number of carbonyl (C=O) groups excluding carboxylic acids is 1. The average Bonchev–Trinajstić information content (AvgIpc) is 3.66. The van der Waals surface area contributed by atoms with Crippen molar-refractivity contribution in [2.75, 3.05) is 30.4 Å². The van der Waals surface area contributed by atoms with Crippen LogP contribution in [0.3, 0.4) is 0 Å². The summed E-state index contributed by atoms with van der Waals surface area (Å²) < 4.78 is 70.8. The van der Waals surface area contributed by atoms with Gasteiger partial charge in [-0.25, -0.2) is 29.7 Å². The number of halogens is 5. The fraction of sp³-hybridized carbons (Fsp3) is 0.303. The minimum Gasteiger partial charge on any atom is -0.494 e. The van der Waals surface area contributed by atoms with E-state index in [2.05, 4.69) is 36.7 Å². The van der Waals surface area contributed by atoms with Crippen molar-refractivity contribution in [3.05, 3.63) is 67.4 Å². The number of aromatic nitrogens is 6. The highest BCUT2D eigenvalue weighted by molar-refractivity contribution is 5.89. The van der Waals surface area contributed by atoms with Crippen LogP contribution in [0.15, 0.2) is 61.8 Å². The van der Waals surface area contributed by atoms with Crippen LogP contribution >= 0.6 is 0 Å². The molecule has 2 saturated heterocycles. The number of amides is 1. The zero-order valence-corrected chi connectivity index (χ0v) is 27.5. The SMILES string of the molecule is C=CC(=O)N1C2CCC1CN(c1ncc3ncnc(Nc4cc(C)c(Oc5ccc6c(c5)ncn6C(F)F)cc4OC)c3n1)C2.O=C(O)C(F)(F)F. The number of alkyl halides is 5. The Morgan fingerprint density at radius 1 is 1.04 bits per heavy atom. The molecular formula is C33H30F5N9O5. The molecule has 2 atom stereocenters. The lowest BCUT2D eigenvalue weighted by molar-refractivity contribution is -0.192. The summed E-state index contributed by atoms with van der Waals surface area (Å²) in [5.41, 5.74) is 3.23. The van der Waals surface area contributed by atoms with Crippen molar-refractivity contribution in [3.63, 3.8) is 0 Å². The van der Waals surface area contributed by atoms with Crippen LogP contribution in [0.5, 0.6) is 17.2 Å². The summed E-state index contributed by atoms with van der Waals surface area (Å²) in [6.45, 7) is 4.12. The van der Waals surface area contributed by atoms with E-state index >= 15 is 0 Å². The van der Waals surface area contributed by atoms with E-state index in [-0.39, 0.29) is 18.0 Å². The molecule has 2 aromatic carbocycles. The Balaban J connectivity index is 0.000000604. The van der Waals surface area contributed by atoms with Crippen LogP contribution in [0.4, 0.5) is 39.4 Å². The molecule has 0 radical (unpaired) electrons. The number of rotatable bonds is 8. The van der Waals surface area contributed by atoms with Crippen LogP contribution in [0, 0.1) is 6.92 Å². The van der Waals surface area contributed by atoms with E-state index in [1.54, 1.807) is 37.6 Å². The maximum absolute atomic E-state index is 13.2. The quantitative estimate of drug-likeness (QED) is 0.142. The van der Waals surface area contributed by atoms with Gasteiger partial charge in [0.15, 0.2) is 5.82 Å². The molecule has 2 bridgehead atoms. The number of methoxy groups -OCH3 is 1. The van der Waals surface area contributed by atoms with Gasteiger partial charge in [-0.3, -0.25) is 9.36 Å². The molecule has 0 spiro atoms. The van der Waals surface area contributed by atoms with Crippen LogP contribution in [0.2, 0.25) is 0 Å².